The number of nitrogens with zero attached hydrogens (tertiary/aromatic N) is 1. The minimum Gasteiger partial charge on any atom is -0.335 e. The Kier molecular flexibility index (Phi) is 3.74. The highest BCUT2D eigenvalue weighted by atomic mass is 19.1. The number of hydrogen-bond acceptors (Lipinski definition) is 1. The third-order valence-electron chi connectivity index (χ3n) is 4.21. The highest BCUT2D eigenvalue weighted by Crippen LogP contribution is 2.29. The lowest BCUT2D eigenvalue weighted by molar-refractivity contribution is -0.133. The Morgan fingerprint density at radius 3 is 2.71 bits per heavy atom. The lowest BCUT2D eigenvalue weighted by Crippen LogP contribution is -2.39. The SMILES string of the molecule is C[C@@H]1c2ccccc2CCN1C(=O)Cc1ccccc1F. The fourth-order valence-corrected chi connectivity index (χ4v) is 3.02. The molecule has 1 aliphatic heterocycles. The largest absolute Gasteiger partial charge is 0.335 e. The van der Waals surface area contributed by atoms with Gasteiger partial charge in [0.1, 0.15) is 5.82 Å². The smallest absolute Gasteiger partial charge is 0.227 e. The first-order valence-electron chi connectivity index (χ1n) is 7.27. The molecule has 3 rings (SSSR count). The van der Waals surface area contributed by atoms with Crippen molar-refractivity contribution in [3.05, 3.63) is 71.0 Å². The van der Waals surface area contributed by atoms with E-state index in [0.717, 1.165) is 6.42 Å². The highest BCUT2D eigenvalue weighted by Gasteiger charge is 2.27. The van der Waals surface area contributed by atoms with E-state index in [1.165, 1.54) is 17.2 Å². The van der Waals surface area contributed by atoms with E-state index in [2.05, 4.69) is 12.1 Å². The Morgan fingerprint density at radius 1 is 1.19 bits per heavy atom. The van der Waals surface area contributed by atoms with Crippen molar-refractivity contribution in [2.75, 3.05) is 6.54 Å². The quantitative estimate of drug-likeness (QED) is 0.826. The van der Waals surface area contributed by atoms with Crippen LogP contribution in [0.25, 0.3) is 0 Å². The molecule has 3 heteroatoms. The summed E-state index contributed by atoms with van der Waals surface area (Å²) >= 11 is 0. The molecule has 0 bridgehead atoms. The zero-order valence-electron chi connectivity index (χ0n) is 12.1. The van der Waals surface area contributed by atoms with Gasteiger partial charge in [0.05, 0.1) is 12.5 Å². The first kappa shape index (κ1) is 13.8. The molecule has 1 aliphatic rings. The normalized spacial score (nSPS) is 17.4. The molecule has 0 saturated heterocycles. The molecule has 1 atom stereocenters. The Labute approximate surface area is 124 Å². The summed E-state index contributed by atoms with van der Waals surface area (Å²) in [5.74, 6) is -0.321. The molecule has 2 aromatic carbocycles. The second-order valence-corrected chi connectivity index (χ2v) is 5.48. The van der Waals surface area contributed by atoms with Crippen molar-refractivity contribution in [1.82, 2.24) is 4.90 Å². The van der Waals surface area contributed by atoms with Crippen LogP contribution in [0.3, 0.4) is 0 Å². The van der Waals surface area contributed by atoms with E-state index in [0.29, 0.717) is 12.1 Å². The second kappa shape index (κ2) is 5.68. The Bertz CT molecular complexity index is 668. The van der Waals surface area contributed by atoms with Crippen molar-refractivity contribution in [3.63, 3.8) is 0 Å². The Balaban J connectivity index is 1.79. The molecule has 0 aliphatic carbocycles. The summed E-state index contributed by atoms with van der Waals surface area (Å²) in [6.45, 7) is 2.74. The fourth-order valence-electron chi connectivity index (χ4n) is 3.02. The minimum atomic E-state index is -0.309. The van der Waals surface area contributed by atoms with Crippen LogP contribution in [-0.2, 0) is 17.6 Å². The average Bonchev–Trinajstić information content (AvgIpc) is 2.50. The van der Waals surface area contributed by atoms with Gasteiger partial charge in [-0.3, -0.25) is 4.79 Å². The maximum Gasteiger partial charge on any atom is 0.227 e. The maximum atomic E-state index is 13.7. The third kappa shape index (κ3) is 2.68. The molecule has 0 radical (unpaired) electrons. The van der Waals surface area contributed by atoms with Crippen molar-refractivity contribution in [3.8, 4) is 0 Å². The summed E-state index contributed by atoms with van der Waals surface area (Å²) in [7, 11) is 0. The van der Waals surface area contributed by atoms with Gasteiger partial charge in [-0.2, -0.15) is 0 Å². The summed E-state index contributed by atoms with van der Waals surface area (Å²) in [5, 5.41) is 0. The summed E-state index contributed by atoms with van der Waals surface area (Å²) in [6.07, 6.45) is 0.989. The standard InChI is InChI=1S/C18H18FNO/c1-13-16-8-4-2-6-14(16)10-11-20(13)18(21)12-15-7-3-5-9-17(15)19/h2-9,13H,10-12H2,1H3/t13-/m1/s1. The number of amides is 1. The van der Waals surface area contributed by atoms with E-state index >= 15 is 0 Å². The van der Waals surface area contributed by atoms with E-state index < -0.39 is 0 Å². The van der Waals surface area contributed by atoms with E-state index in [4.69, 9.17) is 0 Å². The number of rotatable bonds is 2. The van der Waals surface area contributed by atoms with Gasteiger partial charge in [0.25, 0.3) is 0 Å². The molecule has 108 valence electrons. The number of fused-ring (bicyclic) bond motifs is 1. The summed E-state index contributed by atoms with van der Waals surface area (Å²) in [5.41, 5.74) is 2.97. The van der Waals surface area contributed by atoms with Crippen LogP contribution < -0.4 is 0 Å². The monoisotopic (exact) mass is 283 g/mol. The molecule has 0 aromatic heterocycles. The average molecular weight is 283 g/mol. The first-order chi connectivity index (χ1) is 10.2. The Hall–Kier alpha value is -2.16. The maximum absolute atomic E-state index is 13.7. The molecule has 1 heterocycles. The van der Waals surface area contributed by atoms with Crippen LogP contribution in [0.2, 0.25) is 0 Å². The number of halogens is 1. The minimum absolute atomic E-state index is 0.0119. The van der Waals surface area contributed by atoms with Crippen LogP contribution in [0.5, 0.6) is 0 Å². The van der Waals surface area contributed by atoms with Crippen LogP contribution in [0.15, 0.2) is 48.5 Å². The van der Waals surface area contributed by atoms with E-state index in [-0.39, 0.29) is 24.2 Å². The molecule has 0 N–H and O–H groups in total. The summed E-state index contributed by atoms with van der Waals surface area (Å²) < 4.78 is 13.7. The van der Waals surface area contributed by atoms with Crippen molar-refractivity contribution in [1.29, 1.82) is 0 Å². The third-order valence-corrected chi connectivity index (χ3v) is 4.21. The van der Waals surface area contributed by atoms with Gasteiger partial charge in [-0.05, 0) is 36.1 Å². The van der Waals surface area contributed by atoms with Crippen LogP contribution in [0.4, 0.5) is 4.39 Å². The predicted molar refractivity (Wildman–Crippen MR) is 80.4 cm³/mol. The lowest BCUT2D eigenvalue weighted by Gasteiger charge is -2.35. The van der Waals surface area contributed by atoms with E-state index in [1.807, 2.05) is 24.0 Å². The Morgan fingerprint density at radius 2 is 1.90 bits per heavy atom. The van der Waals surface area contributed by atoms with Crippen LogP contribution in [0, 0.1) is 5.82 Å². The van der Waals surface area contributed by atoms with Crippen molar-refractivity contribution in [2.45, 2.75) is 25.8 Å². The fraction of sp³-hybridized carbons (Fsp3) is 0.278. The van der Waals surface area contributed by atoms with Gasteiger partial charge in [0, 0.05) is 6.54 Å². The molecule has 0 saturated carbocycles. The number of benzene rings is 2. The second-order valence-electron chi connectivity index (χ2n) is 5.48. The van der Waals surface area contributed by atoms with Gasteiger partial charge in [-0.1, -0.05) is 42.5 Å². The van der Waals surface area contributed by atoms with Crippen molar-refractivity contribution >= 4 is 5.91 Å². The number of hydrogen-bond donors (Lipinski definition) is 0. The molecule has 1 amide bonds. The summed E-state index contributed by atoms with van der Waals surface area (Å²) in [6, 6.07) is 14.8. The van der Waals surface area contributed by atoms with Crippen LogP contribution in [-0.4, -0.2) is 17.4 Å². The van der Waals surface area contributed by atoms with Crippen molar-refractivity contribution in [2.24, 2.45) is 0 Å². The molecule has 0 fully saturated rings. The molecular formula is C18H18FNO. The van der Waals surface area contributed by atoms with Gasteiger partial charge in [-0.15, -0.1) is 0 Å². The van der Waals surface area contributed by atoms with Crippen molar-refractivity contribution < 1.29 is 9.18 Å². The van der Waals surface area contributed by atoms with Crippen LogP contribution in [0.1, 0.15) is 29.7 Å². The summed E-state index contributed by atoms with van der Waals surface area (Å²) in [4.78, 5) is 14.4. The lowest BCUT2D eigenvalue weighted by atomic mass is 9.93. The van der Waals surface area contributed by atoms with Gasteiger partial charge in [0.2, 0.25) is 5.91 Å². The molecule has 2 nitrogen and oxygen atoms in total. The molecule has 0 spiro atoms. The van der Waals surface area contributed by atoms with E-state index in [1.54, 1.807) is 18.2 Å². The van der Waals surface area contributed by atoms with Crippen LogP contribution >= 0.6 is 0 Å². The topological polar surface area (TPSA) is 20.3 Å². The van der Waals surface area contributed by atoms with E-state index in [9.17, 15) is 9.18 Å². The highest BCUT2D eigenvalue weighted by molar-refractivity contribution is 5.79. The van der Waals surface area contributed by atoms with Gasteiger partial charge >= 0.3 is 0 Å². The zero-order chi connectivity index (χ0) is 14.8. The molecular weight excluding hydrogens is 265 g/mol. The van der Waals surface area contributed by atoms with Gasteiger partial charge in [-0.25, -0.2) is 4.39 Å². The zero-order valence-corrected chi connectivity index (χ0v) is 12.1. The molecule has 21 heavy (non-hydrogen) atoms. The molecule has 0 unspecified atom stereocenters. The molecule has 2 aromatic rings. The number of carbonyl (C=O) groups is 1. The number of carbonyl (C=O) groups excluding carboxylic acids is 1. The van der Waals surface area contributed by atoms with Gasteiger partial charge in [0.15, 0.2) is 0 Å². The first-order valence-corrected chi connectivity index (χ1v) is 7.27. The predicted octanol–water partition coefficient (Wildman–Crippen LogP) is 3.51. The van der Waals surface area contributed by atoms with Gasteiger partial charge < -0.3 is 4.90 Å².